The molecule has 0 bridgehead atoms. The van der Waals surface area contributed by atoms with E-state index in [0.717, 1.165) is 16.7 Å². The molecule has 1 atom stereocenters. The van der Waals surface area contributed by atoms with Gasteiger partial charge in [0.2, 0.25) is 15.9 Å². The number of methoxy groups -OCH3 is 2. The molecule has 0 aliphatic rings. The van der Waals surface area contributed by atoms with Gasteiger partial charge in [-0.25, -0.2) is 8.42 Å². The van der Waals surface area contributed by atoms with E-state index in [-0.39, 0.29) is 24.9 Å². The molecule has 31 heavy (non-hydrogen) atoms. The average Bonchev–Trinajstić information content (AvgIpc) is 2.71. The van der Waals surface area contributed by atoms with Gasteiger partial charge >= 0.3 is 0 Å². The normalized spacial score (nSPS) is 12.2. The fourth-order valence-corrected chi connectivity index (χ4v) is 4.42. The lowest BCUT2D eigenvalue weighted by Gasteiger charge is -2.25. The number of hydrogen-bond donors (Lipinski definition) is 1. The summed E-state index contributed by atoms with van der Waals surface area (Å²) in [6.45, 7) is 5.90. The Morgan fingerprint density at radius 3 is 2.42 bits per heavy atom. The monoisotopic (exact) mass is 448 g/mol. The first-order chi connectivity index (χ1) is 14.6. The van der Waals surface area contributed by atoms with Crippen molar-refractivity contribution in [3.8, 4) is 11.5 Å². The van der Waals surface area contributed by atoms with E-state index in [0.29, 0.717) is 23.6 Å². The molecule has 0 aliphatic heterocycles. The van der Waals surface area contributed by atoms with Crippen LogP contribution in [0.25, 0.3) is 0 Å². The minimum atomic E-state index is -3.47. The van der Waals surface area contributed by atoms with Crippen molar-refractivity contribution in [3.05, 3.63) is 53.1 Å². The molecule has 0 saturated carbocycles. The van der Waals surface area contributed by atoms with Crippen molar-refractivity contribution in [2.24, 2.45) is 0 Å². The Balaban J connectivity index is 2.04. The highest BCUT2D eigenvalue weighted by Gasteiger charge is 2.20. The number of rotatable bonds is 10. The van der Waals surface area contributed by atoms with E-state index in [1.54, 1.807) is 26.4 Å². The minimum Gasteiger partial charge on any atom is -0.497 e. The van der Waals surface area contributed by atoms with E-state index < -0.39 is 10.0 Å². The summed E-state index contributed by atoms with van der Waals surface area (Å²) in [6.07, 6.45) is 1.79. The zero-order valence-corrected chi connectivity index (χ0v) is 19.9. The lowest BCUT2D eigenvalue weighted by atomic mass is 10.1. The van der Waals surface area contributed by atoms with Gasteiger partial charge in [0.15, 0.2) is 0 Å². The molecule has 0 saturated heterocycles. The summed E-state index contributed by atoms with van der Waals surface area (Å²) in [6, 6.07) is 10.8. The van der Waals surface area contributed by atoms with Gasteiger partial charge in [0.05, 0.1) is 32.2 Å². The summed E-state index contributed by atoms with van der Waals surface area (Å²) in [7, 11) is -0.309. The van der Waals surface area contributed by atoms with Crippen molar-refractivity contribution in [2.75, 3.05) is 31.3 Å². The predicted octanol–water partition coefficient (Wildman–Crippen LogP) is 3.74. The molecule has 0 aliphatic carbocycles. The molecular formula is C23H32N2O5S. The van der Waals surface area contributed by atoms with Crippen LogP contribution >= 0.6 is 0 Å². The quantitative estimate of drug-likeness (QED) is 0.598. The van der Waals surface area contributed by atoms with Gasteiger partial charge in [-0.1, -0.05) is 12.1 Å². The second kappa shape index (κ2) is 10.5. The average molecular weight is 449 g/mol. The summed E-state index contributed by atoms with van der Waals surface area (Å²) in [5, 5.41) is 2.95. The molecule has 0 radical (unpaired) electrons. The van der Waals surface area contributed by atoms with Gasteiger partial charge in [0.25, 0.3) is 0 Å². The van der Waals surface area contributed by atoms with E-state index in [9.17, 15) is 13.2 Å². The van der Waals surface area contributed by atoms with Crippen molar-refractivity contribution in [3.63, 3.8) is 0 Å². The van der Waals surface area contributed by atoms with Crippen LogP contribution in [0.3, 0.4) is 0 Å². The first kappa shape index (κ1) is 24.5. The molecule has 1 amide bonds. The standard InChI is InChI=1S/C23H32N2O5S/c1-16-9-10-17(2)21(14-16)25(31(6,27)28)13-7-8-23(26)24-18(3)20-15-19(29-4)11-12-22(20)30-5/h9-12,14-15,18H,7-8,13H2,1-6H3,(H,24,26)/t18-/m1/s1. The third kappa shape index (κ3) is 6.62. The maximum Gasteiger partial charge on any atom is 0.232 e. The van der Waals surface area contributed by atoms with Crippen LogP contribution in [0.15, 0.2) is 36.4 Å². The molecule has 0 unspecified atom stereocenters. The van der Waals surface area contributed by atoms with Crippen LogP contribution in [0.1, 0.15) is 42.5 Å². The lowest BCUT2D eigenvalue weighted by Crippen LogP contribution is -2.33. The van der Waals surface area contributed by atoms with Gasteiger partial charge in [-0.05, 0) is 62.6 Å². The van der Waals surface area contributed by atoms with Crippen LogP contribution in [0, 0.1) is 13.8 Å². The smallest absolute Gasteiger partial charge is 0.232 e. The number of nitrogens with zero attached hydrogens (tertiary/aromatic N) is 1. The first-order valence-corrected chi connectivity index (χ1v) is 12.0. The number of carbonyl (C=O) groups excluding carboxylic acids is 1. The van der Waals surface area contributed by atoms with E-state index in [2.05, 4.69) is 5.32 Å². The number of anilines is 1. The fraction of sp³-hybridized carbons (Fsp3) is 0.435. The number of nitrogens with one attached hydrogen (secondary N) is 1. The highest BCUT2D eigenvalue weighted by atomic mass is 32.2. The third-order valence-electron chi connectivity index (χ3n) is 5.08. The summed E-state index contributed by atoms with van der Waals surface area (Å²) >= 11 is 0. The summed E-state index contributed by atoms with van der Waals surface area (Å²) < 4.78 is 36.8. The van der Waals surface area contributed by atoms with Crippen LogP contribution in [-0.2, 0) is 14.8 Å². The maximum atomic E-state index is 12.5. The number of hydrogen-bond acceptors (Lipinski definition) is 5. The summed E-state index contributed by atoms with van der Waals surface area (Å²) in [4.78, 5) is 12.5. The SMILES string of the molecule is COc1ccc(OC)c([C@@H](C)NC(=O)CCCN(c2cc(C)ccc2C)S(C)(=O)=O)c1. The molecule has 170 valence electrons. The zero-order valence-electron chi connectivity index (χ0n) is 19.1. The van der Waals surface area contributed by atoms with Gasteiger partial charge in [-0.2, -0.15) is 0 Å². The Morgan fingerprint density at radius 1 is 1.10 bits per heavy atom. The van der Waals surface area contributed by atoms with Crippen LogP contribution < -0.4 is 19.1 Å². The van der Waals surface area contributed by atoms with E-state index in [4.69, 9.17) is 9.47 Å². The van der Waals surface area contributed by atoms with Gasteiger partial charge in [-0.15, -0.1) is 0 Å². The highest BCUT2D eigenvalue weighted by Crippen LogP contribution is 2.29. The predicted molar refractivity (Wildman–Crippen MR) is 123 cm³/mol. The number of aryl methyl sites for hydroxylation is 2. The van der Waals surface area contributed by atoms with Gasteiger partial charge < -0.3 is 14.8 Å². The number of ether oxygens (including phenoxy) is 2. The van der Waals surface area contributed by atoms with Crippen molar-refractivity contribution in [2.45, 2.75) is 39.7 Å². The molecule has 0 fully saturated rings. The van der Waals surface area contributed by atoms with Gasteiger partial charge in [0, 0.05) is 18.5 Å². The first-order valence-electron chi connectivity index (χ1n) is 10.1. The second-order valence-corrected chi connectivity index (χ2v) is 9.53. The van der Waals surface area contributed by atoms with Gasteiger partial charge in [-0.3, -0.25) is 9.10 Å². The number of amides is 1. The van der Waals surface area contributed by atoms with Gasteiger partial charge in [0.1, 0.15) is 11.5 Å². The summed E-state index contributed by atoms with van der Waals surface area (Å²) in [5.41, 5.74) is 3.31. The number of benzene rings is 2. The van der Waals surface area contributed by atoms with Crippen LogP contribution in [0.4, 0.5) is 5.69 Å². The second-order valence-electron chi connectivity index (χ2n) is 7.63. The van der Waals surface area contributed by atoms with E-state index >= 15 is 0 Å². The Kier molecular flexibility index (Phi) is 8.33. The molecule has 0 aromatic heterocycles. The lowest BCUT2D eigenvalue weighted by molar-refractivity contribution is -0.121. The molecule has 2 aromatic carbocycles. The van der Waals surface area contributed by atoms with Crippen molar-refractivity contribution < 1.29 is 22.7 Å². The van der Waals surface area contributed by atoms with Crippen LogP contribution in [-0.4, -0.2) is 41.3 Å². The Hall–Kier alpha value is -2.74. The largest absolute Gasteiger partial charge is 0.497 e. The molecule has 7 nitrogen and oxygen atoms in total. The Labute approximate surface area is 185 Å². The van der Waals surface area contributed by atoms with Crippen molar-refractivity contribution >= 4 is 21.6 Å². The minimum absolute atomic E-state index is 0.160. The van der Waals surface area contributed by atoms with Crippen LogP contribution in [0.2, 0.25) is 0 Å². The number of sulfonamides is 1. The van der Waals surface area contributed by atoms with Crippen molar-refractivity contribution in [1.29, 1.82) is 0 Å². The third-order valence-corrected chi connectivity index (χ3v) is 6.26. The molecule has 0 spiro atoms. The highest BCUT2D eigenvalue weighted by molar-refractivity contribution is 7.92. The molecule has 1 N–H and O–H groups in total. The molecule has 8 heteroatoms. The molecule has 2 rings (SSSR count). The number of carbonyl (C=O) groups is 1. The molecule has 2 aromatic rings. The van der Waals surface area contributed by atoms with E-state index in [1.165, 1.54) is 10.6 Å². The Morgan fingerprint density at radius 2 is 1.81 bits per heavy atom. The molecule has 0 heterocycles. The maximum absolute atomic E-state index is 12.5. The summed E-state index contributed by atoms with van der Waals surface area (Å²) in [5.74, 6) is 1.17. The van der Waals surface area contributed by atoms with Crippen LogP contribution in [0.5, 0.6) is 11.5 Å². The zero-order chi connectivity index (χ0) is 23.2. The fourth-order valence-electron chi connectivity index (χ4n) is 3.41. The van der Waals surface area contributed by atoms with E-state index in [1.807, 2.05) is 45.0 Å². The topological polar surface area (TPSA) is 84.9 Å². The molecular weight excluding hydrogens is 416 g/mol. The van der Waals surface area contributed by atoms with Crippen molar-refractivity contribution in [1.82, 2.24) is 5.32 Å². The Bertz CT molecular complexity index is 1020.